The molecule has 0 saturated carbocycles. The number of aryl methyl sites for hydroxylation is 1. The van der Waals surface area contributed by atoms with Gasteiger partial charge in [0.15, 0.2) is 11.6 Å². The Morgan fingerprint density at radius 3 is 2.50 bits per heavy atom. The SMILES string of the molecule is CN=C/C(C(=O)OC)=C(\O)c1c(C)cc(F)c(F)c1C. The third kappa shape index (κ3) is 2.84. The molecule has 0 aromatic heterocycles. The zero-order valence-electron chi connectivity index (χ0n) is 11.6. The van der Waals surface area contributed by atoms with Crippen LogP contribution in [0.2, 0.25) is 0 Å². The van der Waals surface area contributed by atoms with E-state index in [4.69, 9.17) is 0 Å². The highest BCUT2D eigenvalue weighted by molar-refractivity contribution is 6.15. The number of esters is 1. The first-order valence-electron chi connectivity index (χ1n) is 5.74. The summed E-state index contributed by atoms with van der Waals surface area (Å²) in [6.07, 6.45) is 1.10. The first-order valence-corrected chi connectivity index (χ1v) is 5.74. The normalized spacial score (nSPS) is 12.5. The minimum Gasteiger partial charge on any atom is -0.506 e. The van der Waals surface area contributed by atoms with Crippen molar-refractivity contribution in [2.24, 2.45) is 4.99 Å². The van der Waals surface area contributed by atoms with Gasteiger partial charge in [0.1, 0.15) is 11.3 Å². The maximum atomic E-state index is 13.6. The van der Waals surface area contributed by atoms with Crippen LogP contribution in [-0.4, -0.2) is 31.4 Å². The molecule has 0 aliphatic carbocycles. The molecule has 0 fully saturated rings. The molecule has 0 spiro atoms. The number of halogens is 2. The van der Waals surface area contributed by atoms with Gasteiger partial charge in [-0.05, 0) is 31.0 Å². The fraction of sp³-hybridized carbons (Fsp3) is 0.286. The van der Waals surface area contributed by atoms with Gasteiger partial charge < -0.3 is 9.84 Å². The van der Waals surface area contributed by atoms with E-state index in [2.05, 4.69) is 9.73 Å². The quantitative estimate of drug-likeness (QED) is 0.401. The van der Waals surface area contributed by atoms with E-state index >= 15 is 0 Å². The first-order chi connectivity index (χ1) is 9.34. The van der Waals surface area contributed by atoms with Gasteiger partial charge in [-0.2, -0.15) is 0 Å². The van der Waals surface area contributed by atoms with Gasteiger partial charge in [0, 0.05) is 18.8 Å². The predicted molar refractivity (Wildman–Crippen MR) is 71.8 cm³/mol. The number of aliphatic hydroxyl groups is 1. The third-order valence-electron chi connectivity index (χ3n) is 2.81. The summed E-state index contributed by atoms with van der Waals surface area (Å²) in [7, 11) is 2.55. The molecule has 0 aliphatic rings. The van der Waals surface area contributed by atoms with Gasteiger partial charge in [-0.15, -0.1) is 0 Å². The smallest absolute Gasteiger partial charge is 0.343 e. The maximum Gasteiger partial charge on any atom is 0.343 e. The highest BCUT2D eigenvalue weighted by Crippen LogP contribution is 2.27. The molecule has 108 valence electrons. The fourth-order valence-corrected chi connectivity index (χ4v) is 1.86. The van der Waals surface area contributed by atoms with E-state index in [-0.39, 0.29) is 16.7 Å². The second kappa shape index (κ2) is 6.27. The van der Waals surface area contributed by atoms with Crippen LogP contribution in [0.4, 0.5) is 8.78 Å². The highest BCUT2D eigenvalue weighted by atomic mass is 19.2. The molecule has 0 bridgehead atoms. The van der Waals surface area contributed by atoms with Crippen molar-refractivity contribution in [3.05, 3.63) is 40.0 Å². The molecule has 0 heterocycles. The lowest BCUT2D eigenvalue weighted by molar-refractivity contribution is -0.135. The maximum absolute atomic E-state index is 13.6. The van der Waals surface area contributed by atoms with Gasteiger partial charge in [0.2, 0.25) is 0 Å². The van der Waals surface area contributed by atoms with Gasteiger partial charge in [-0.1, -0.05) is 0 Å². The van der Waals surface area contributed by atoms with Crippen LogP contribution >= 0.6 is 0 Å². The monoisotopic (exact) mass is 283 g/mol. The molecule has 0 unspecified atom stereocenters. The molecule has 1 aromatic carbocycles. The number of carbonyl (C=O) groups excluding carboxylic acids is 1. The number of aliphatic hydroxyl groups excluding tert-OH is 1. The van der Waals surface area contributed by atoms with Crippen LogP contribution in [0, 0.1) is 25.5 Å². The summed E-state index contributed by atoms with van der Waals surface area (Å²) in [6.45, 7) is 2.81. The van der Waals surface area contributed by atoms with Crippen LogP contribution in [0.3, 0.4) is 0 Å². The van der Waals surface area contributed by atoms with Crippen molar-refractivity contribution >= 4 is 17.9 Å². The number of aliphatic imine (C=N–C) groups is 1. The standard InChI is InChI=1S/C14H15F2NO3/c1-7-5-10(15)12(16)8(2)11(7)13(18)9(6-17-3)14(19)20-4/h5-6,18H,1-4H3/b13-9+,17-6?. The minimum atomic E-state index is -1.07. The Morgan fingerprint density at radius 2 is 2.00 bits per heavy atom. The van der Waals surface area contributed by atoms with Gasteiger partial charge in [-0.25, -0.2) is 13.6 Å². The number of rotatable bonds is 3. The Balaban J connectivity index is 3.65. The summed E-state index contributed by atoms with van der Waals surface area (Å²) in [5, 5.41) is 10.2. The number of nitrogens with zero attached hydrogens (tertiary/aromatic N) is 1. The molecule has 1 rings (SSSR count). The summed E-state index contributed by atoms with van der Waals surface area (Å²) in [5.74, 6) is -3.41. The molecular formula is C14H15F2NO3. The topological polar surface area (TPSA) is 58.9 Å². The predicted octanol–water partition coefficient (Wildman–Crippen LogP) is 2.72. The van der Waals surface area contributed by atoms with Crippen molar-refractivity contribution in [3.8, 4) is 0 Å². The Bertz CT molecular complexity index is 607. The van der Waals surface area contributed by atoms with Crippen LogP contribution in [0.25, 0.3) is 5.76 Å². The molecule has 0 radical (unpaired) electrons. The molecule has 0 aliphatic heterocycles. The zero-order valence-corrected chi connectivity index (χ0v) is 11.6. The summed E-state index contributed by atoms with van der Waals surface area (Å²) >= 11 is 0. The summed E-state index contributed by atoms with van der Waals surface area (Å²) in [6, 6.07) is 0.950. The van der Waals surface area contributed by atoms with Crippen LogP contribution in [0.1, 0.15) is 16.7 Å². The Kier molecular flexibility index (Phi) is 4.96. The van der Waals surface area contributed by atoms with E-state index in [0.717, 1.165) is 19.4 Å². The Labute approximate surface area is 115 Å². The highest BCUT2D eigenvalue weighted by Gasteiger charge is 2.21. The van der Waals surface area contributed by atoms with Crippen LogP contribution in [0.15, 0.2) is 16.6 Å². The Hall–Kier alpha value is -2.24. The lowest BCUT2D eigenvalue weighted by Crippen LogP contribution is -2.11. The average molecular weight is 283 g/mol. The van der Waals surface area contributed by atoms with Gasteiger partial charge in [0.05, 0.1) is 7.11 Å². The molecule has 0 amide bonds. The van der Waals surface area contributed by atoms with E-state index in [1.807, 2.05) is 0 Å². The first kappa shape index (κ1) is 15.8. The van der Waals surface area contributed by atoms with Gasteiger partial charge in [0.25, 0.3) is 0 Å². The molecule has 1 aromatic rings. The fourth-order valence-electron chi connectivity index (χ4n) is 1.86. The van der Waals surface area contributed by atoms with Crippen LogP contribution in [-0.2, 0) is 9.53 Å². The number of carbonyl (C=O) groups is 1. The summed E-state index contributed by atoms with van der Waals surface area (Å²) in [5.41, 5.74) is 0.0205. The number of hydrogen-bond acceptors (Lipinski definition) is 4. The molecule has 4 nitrogen and oxygen atoms in total. The van der Waals surface area contributed by atoms with E-state index in [1.165, 1.54) is 20.9 Å². The molecule has 0 atom stereocenters. The number of ether oxygens (including phenoxy) is 1. The van der Waals surface area contributed by atoms with Crippen LogP contribution in [0.5, 0.6) is 0 Å². The Morgan fingerprint density at radius 1 is 1.40 bits per heavy atom. The molecule has 1 N–H and O–H groups in total. The van der Waals surface area contributed by atoms with Crippen LogP contribution < -0.4 is 0 Å². The molecular weight excluding hydrogens is 268 g/mol. The molecule has 0 saturated heterocycles. The van der Waals surface area contributed by atoms with E-state index in [9.17, 15) is 18.7 Å². The second-order valence-electron chi connectivity index (χ2n) is 4.13. The van der Waals surface area contributed by atoms with Crippen molar-refractivity contribution in [1.29, 1.82) is 0 Å². The van der Waals surface area contributed by atoms with Crippen molar-refractivity contribution in [1.82, 2.24) is 0 Å². The number of benzene rings is 1. The van der Waals surface area contributed by atoms with E-state index < -0.39 is 23.4 Å². The van der Waals surface area contributed by atoms with Crippen molar-refractivity contribution in [3.63, 3.8) is 0 Å². The van der Waals surface area contributed by atoms with Crippen molar-refractivity contribution in [2.75, 3.05) is 14.2 Å². The average Bonchev–Trinajstić information content (AvgIpc) is 2.41. The number of hydrogen-bond donors (Lipinski definition) is 1. The van der Waals surface area contributed by atoms with E-state index in [0.29, 0.717) is 5.56 Å². The summed E-state index contributed by atoms with van der Waals surface area (Å²) < 4.78 is 31.4. The lowest BCUT2D eigenvalue weighted by atomic mass is 9.97. The van der Waals surface area contributed by atoms with Gasteiger partial charge in [-0.3, -0.25) is 4.99 Å². The lowest BCUT2D eigenvalue weighted by Gasteiger charge is -2.12. The zero-order chi connectivity index (χ0) is 15.4. The second-order valence-corrected chi connectivity index (χ2v) is 4.13. The van der Waals surface area contributed by atoms with Crippen molar-refractivity contribution < 1.29 is 23.4 Å². The molecule has 6 heteroatoms. The van der Waals surface area contributed by atoms with Crippen molar-refractivity contribution in [2.45, 2.75) is 13.8 Å². The molecule has 20 heavy (non-hydrogen) atoms. The summed E-state index contributed by atoms with van der Waals surface area (Å²) in [4.78, 5) is 15.2. The number of methoxy groups -OCH3 is 1. The van der Waals surface area contributed by atoms with Gasteiger partial charge >= 0.3 is 5.97 Å². The largest absolute Gasteiger partial charge is 0.506 e. The third-order valence-corrected chi connectivity index (χ3v) is 2.81. The van der Waals surface area contributed by atoms with E-state index in [1.54, 1.807) is 0 Å². The minimum absolute atomic E-state index is 0.0456.